The Balaban J connectivity index is 2.24. The number of nitrogens with zero attached hydrogens (tertiary/aromatic N) is 1. The highest BCUT2D eigenvalue weighted by Crippen LogP contribution is 2.12. The molecule has 2 amide bonds. The van der Waals surface area contributed by atoms with Crippen molar-refractivity contribution in [3.63, 3.8) is 0 Å². The Hall–Kier alpha value is -2.11. The fourth-order valence-electron chi connectivity index (χ4n) is 1.29. The van der Waals surface area contributed by atoms with Gasteiger partial charge in [0.25, 0.3) is 0 Å². The number of carboxylic acid groups (broad SMARTS) is 1. The third-order valence-electron chi connectivity index (χ3n) is 2.66. The van der Waals surface area contributed by atoms with Crippen LogP contribution in [0.3, 0.4) is 0 Å². The van der Waals surface area contributed by atoms with Crippen molar-refractivity contribution in [3.05, 3.63) is 30.1 Å². The number of nitrogens with one attached hydrogen (secondary N) is 2. The molecule has 6 heteroatoms. The van der Waals surface area contributed by atoms with E-state index in [0.29, 0.717) is 13.0 Å². The van der Waals surface area contributed by atoms with Crippen LogP contribution >= 0.6 is 0 Å². The Bertz CT molecular complexity index is 432. The molecule has 0 saturated carbocycles. The standard InChI is InChI=1S/C13H19N3O3/c1-13(2,11(17)18)9-16-12(19)15-8-6-10-5-3-4-7-14-10/h3-5,7H,6,8-9H2,1-2H3,(H,17,18)(H2,15,16,19). The lowest BCUT2D eigenvalue weighted by Crippen LogP contribution is -2.44. The quantitative estimate of drug-likeness (QED) is 0.716. The minimum Gasteiger partial charge on any atom is -0.481 e. The number of carbonyl (C=O) groups is 2. The van der Waals surface area contributed by atoms with Crippen LogP contribution in [0.1, 0.15) is 19.5 Å². The maximum absolute atomic E-state index is 11.5. The smallest absolute Gasteiger partial charge is 0.314 e. The number of pyridine rings is 1. The first-order valence-electron chi connectivity index (χ1n) is 6.07. The summed E-state index contributed by atoms with van der Waals surface area (Å²) in [4.78, 5) is 26.5. The monoisotopic (exact) mass is 265 g/mol. The van der Waals surface area contributed by atoms with Gasteiger partial charge in [0.2, 0.25) is 0 Å². The van der Waals surface area contributed by atoms with Gasteiger partial charge in [-0.1, -0.05) is 6.07 Å². The summed E-state index contributed by atoms with van der Waals surface area (Å²) in [7, 11) is 0. The van der Waals surface area contributed by atoms with Gasteiger partial charge in [-0.25, -0.2) is 4.79 Å². The maximum atomic E-state index is 11.5. The second-order valence-corrected chi connectivity index (χ2v) is 4.87. The Morgan fingerprint density at radius 1 is 1.32 bits per heavy atom. The molecule has 0 atom stereocenters. The number of urea groups is 1. The second kappa shape index (κ2) is 6.72. The van der Waals surface area contributed by atoms with Gasteiger partial charge in [-0.15, -0.1) is 0 Å². The van der Waals surface area contributed by atoms with Gasteiger partial charge >= 0.3 is 12.0 Å². The number of aliphatic carboxylic acids is 1. The number of carbonyl (C=O) groups excluding carboxylic acids is 1. The molecule has 1 heterocycles. The summed E-state index contributed by atoms with van der Waals surface area (Å²) in [5.74, 6) is -0.943. The number of hydrogen-bond acceptors (Lipinski definition) is 3. The van der Waals surface area contributed by atoms with Crippen LogP contribution in [0.15, 0.2) is 24.4 Å². The third-order valence-corrected chi connectivity index (χ3v) is 2.66. The molecule has 0 aromatic carbocycles. The van der Waals surface area contributed by atoms with Crippen molar-refractivity contribution < 1.29 is 14.7 Å². The van der Waals surface area contributed by atoms with Crippen LogP contribution in [-0.2, 0) is 11.2 Å². The average Bonchev–Trinajstić information content (AvgIpc) is 2.37. The minimum atomic E-state index is -0.974. The van der Waals surface area contributed by atoms with Crippen LogP contribution in [0.4, 0.5) is 4.79 Å². The van der Waals surface area contributed by atoms with E-state index in [-0.39, 0.29) is 12.6 Å². The Morgan fingerprint density at radius 2 is 2.05 bits per heavy atom. The van der Waals surface area contributed by atoms with Gasteiger partial charge in [0, 0.05) is 31.4 Å². The number of carboxylic acids is 1. The zero-order valence-electron chi connectivity index (χ0n) is 11.1. The maximum Gasteiger partial charge on any atom is 0.314 e. The average molecular weight is 265 g/mol. The highest BCUT2D eigenvalue weighted by atomic mass is 16.4. The van der Waals surface area contributed by atoms with Crippen molar-refractivity contribution in [1.82, 2.24) is 15.6 Å². The van der Waals surface area contributed by atoms with Gasteiger partial charge in [0.05, 0.1) is 5.41 Å². The zero-order chi connectivity index (χ0) is 14.3. The molecular formula is C13H19N3O3. The Kier molecular flexibility index (Phi) is 5.29. The molecule has 0 saturated heterocycles. The van der Waals surface area contributed by atoms with E-state index in [1.807, 2.05) is 18.2 Å². The largest absolute Gasteiger partial charge is 0.481 e. The lowest BCUT2D eigenvalue weighted by molar-refractivity contribution is -0.146. The number of amides is 2. The lowest BCUT2D eigenvalue weighted by atomic mass is 9.94. The van der Waals surface area contributed by atoms with E-state index >= 15 is 0 Å². The predicted octanol–water partition coefficient (Wildman–Crippen LogP) is 1.03. The van der Waals surface area contributed by atoms with Gasteiger partial charge in [0.15, 0.2) is 0 Å². The number of rotatable bonds is 6. The molecule has 1 aromatic rings. The molecular weight excluding hydrogens is 246 g/mol. The van der Waals surface area contributed by atoms with E-state index in [1.54, 1.807) is 20.0 Å². The van der Waals surface area contributed by atoms with Crippen molar-refractivity contribution >= 4 is 12.0 Å². The van der Waals surface area contributed by atoms with Crippen LogP contribution < -0.4 is 10.6 Å². The molecule has 0 aliphatic heterocycles. The molecule has 1 aromatic heterocycles. The number of aromatic nitrogens is 1. The van der Waals surface area contributed by atoms with E-state index in [4.69, 9.17) is 5.11 Å². The fourth-order valence-corrected chi connectivity index (χ4v) is 1.29. The van der Waals surface area contributed by atoms with Crippen LogP contribution in [0.5, 0.6) is 0 Å². The molecule has 0 radical (unpaired) electrons. The van der Waals surface area contributed by atoms with Crippen molar-refractivity contribution in [2.75, 3.05) is 13.1 Å². The zero-order valence-corrected chi connectivity index (χ0v) is 11.1. The molecule has 1 rings (SSSR count). The summed E-state index contributed by atoms with van der Waals surface area (Å²) >= 11 is 0. The molecule has 6 nitrogen and oxygen atoms in total. The molecule has 0 aliphatic rings. The normalized spacial score (nSPS) is 10.8. The van der Waals surface area contributed by atoms with Gasteiger partial charge in [-0.3, -0.25) is 9.78 Å². The summed E-state index contributed by atoms with van der Waals surface area (Å²) in [5.41, 5.74) is -0.0770. The predicted molar refractivity (Wildman–Crippen MR) is 70.8 cm³/mol. The van der Waals surface area contributed by atoms with Crippen LogP contribution in [0, 0.1) is 5.41 Å². The fraction of sp³-hybridized carbons (Fsp3) is 0.462. The van der Waals surface area contributed by atoms with E-state index in [2.05, 4.69) is 15.6 Å². The number of hydrogen-bond donors (Lipinski definition) is 3. The molecule has 0 fully saturated rings. The Morgan fingerprint density at radius 3 is 2.63 bits per heavy atom. The summed E-state index contributed by atoms with van der Waals surface area (Å²) in [6, 6.07) is 5.23. The first-order valence-corrected chi connectivity index (χ1v) is 6.07. The van der Waals surface area contributed by atoms with Gasteiger partial charge < -0.3 is 15.7 Å². The Labute approximate surface area is 112 Å². The van der Waals surface area contributed by atoms with Crippen LogP contribution in [-0.4, -0.2) is 35.2 Å². The molecule has 19 heavy (non-hydrogen) atoms. The molecule has 0 aliphatic carbocycles. The van der Waals surface area contributed by atoms with E-state index in [1.165, 1.54) is 0 Å². The molecule has 0 spiro atoms. The molecule has 3 N–H and O–H groups in total. The highest BCUT2D eigenvalue weighted by Gasteiger charge is 2.27. The van der Waals surface area contributed by atoms with Crippen LogP contribution in [0.2, 0.25) is 0 Å². The molecule has 0 bridgehead atoms. The summed E-state index contributed by atoms with van der Waals surface area (Å²) in [6.07, 6.45) is 2.33. The lowest BCUT2D eigenvalue weighted by Gasteiger charge is -2.19. The third kappa shape index (κ3) is 5.37. The first-order chi connectivity index (χ1) is 8.92. The minimum absolute atomic E-state index is 0.0811. The first kappa shape index (κ1) is 14.9. The summed E-state index contributed by atoms with van der Waals surface area (Å²) in [6.45, 7) is 3.65. The van der Waals surface area contributed by atoms with Gasteiger partial charge in [-0.05, 0) is 26.0 Å². The van der Waals surface area contributed by atoms with Crippen molar-refractivity contribution in [3.8, 4) is 0 Å². The van der Waals surface area contributed by atoms with E-state index in [9.17, 15) is 9.59 Å². The summed E-state index contributed by atoms with van der Waals surface area (Å²) in [5, 5.41) is 14.1. The van der Waals surface area contributed by atoms with Crippen LogP contribution in [0.25, 0.3) is 0 Å². The summed E-state index contributed by atoms with van der Waals surface area (Å²) < 4.78 is 0. The van der Waals surface area contributed by atoms with E-state index < -0.39 is 11.4 Å². The second-order valence-electron chi connectivity index (χ2n) is 4.87. The molecule has 104 valence electrons. The van der Waals surface area contributed by atoms with Crippen molar-refractivity contribution in [2.24, 2.45) is 5.41 Å². The van der Waals surface area contributed by atoms with Crippen molar-refractivity contribution in [2.45, 2.75) is 20.3 Å². The van der Waals surface area contributed by atoms with Crippen molar-refractivity contribution in [1.29, 1.82) is 0 Å². The SMILES string of the molecule is CC(C)(CNC(=O)NCCc1ccccn1)C(=O)O. The van der Waals surface area contributed by atoms with E-state index in [0.717, 1.165) is 5.69 Å². The van der Waals surface area contributed by atoms with Gasteiger partial charge in [-0.2, -0.15) is 0 Å². The molecule has 0 unspecified atom stereocenters. The van der Waals surface area contributed by atoms with Gasteiger partial charge in [0.1, 0.15) is 0 Å². The highest BCUT2D eigenvalue weighted by molar-refractivity contribution is 5.77. The topological polar surface area (TPSA) is 91.3 Å².